The second-order valence-corrected chi connectivity index (χ2v) is 3.84. The molecule has 2 aromatic rings. The van der Waals surface area contributed by atoms with Crippen LogP contribution in [0.1, 0.15) is 23.1 Å². The van der Waals surface area contributed by atoms with Crippen LogP contribution in [0.2, 0.25) is 0 Å². The highest BCUT2D eigenvalue weighted by atomic mass is 16.5. The minimum Gasteiger partial charge on any atom is -0.485 e. The van der Waals surface area contributed by atoms with Gasteiger partial charge >= 0.3 is 5.97 Å². The molecule has 7 nitrogen and oxygen atoms in total. The molecule has 1 heterocycles. The van der Waals surface area contributed by atoms with E-state index in [2.05, 4.69) is 10.1 Å². The summed E-state index contributed by atoms with van der Waals surface area (Å²) in [4.78, 5) is 15.1. The third kappa shape index (κ3) is 2.82. The number of rotatable bonds is 5. The lowest BCUT2D eigenvalue weighted by atomic mass is 10.2. The van der Waals surface area contributed by atoms with Gasteiger partial charge in [-0.2, -0.15) is 5.10 Å². The van der Waals surface area contributed by atoms with Crippen molar-refractivity contribution in [3.8, 4) is 5.75 Å². The molecule has 19 heavy (non-hydrogen) atoms. The second kappa shape index (κ2) is 5.38. The summed E-state index contributed by atoms with van der Waals surface area (Å²) < 4.78 is 7.16. The first-order chi connectivity index (χ1) is 9.11. The van der Waals surface area contributed by atoms with E-state index < -0.39 is 5.97 Å². The maximum absolute atomic E-state index is 11.1. The molecule has 0 spiro atoms. The van der Waals surface area contributed by atoms with Crippen LogP contribution in [0.15, 0.2) is 24.5 Å². The van der Waals surface area contributed by atoms with E-state index in [1.165, 1.54) is 24.5 Å². The van der Waals surface area contributed by atoms with Crippen molar-refractivity contribution in [2.24, 2.45) is 0 Å². The number of carboxylic acids is 1. The summed E-state index contributed by atoms with van der Waals surface area (Å²) in [5, 5.41) is 13.1. The number of nitrogen functional groups attached to an aromatic ring is 1. The minimum atomic E-state index is -1.06. The van der Waals surface area contributed by atoms with Crippen LogP contribution >= 0.6 is 0 Å². The second-order valence-electron chi connectivity index (χ2n) is 3.84. The van der Waals surface area contributed by atoms with E-state index in [4.69, 9.17) is 15.6 Å². The van der Waals surface area contributed by atoms with Gasteiger partial charge in [0.2, 0.25) is 0 Å². The first-order valence-corrected chi connectivity index (χ1v) is 5.74. The van der Waals surface area contributed by atoms with Crippen molar-refractivity contribution in [2.75, 3.05) is 5.73 Å². The molecule has 1 aromatic carbocycles. The molecule has 2 rings (SSSR count). The summed E-state index contributed by atoms with van der Waals surface area (Å²) in [5.74, 6) is -0.216. The fourth-order valence-electron chi connectivity index (χ4n) is 1.64. The van der Waals surface area contributed by atoms with Gasteiger partial charge in [0.15, 0.2) is 5.82 Å². The number of anilines is 1. The number of hydrogen-bond acceptors (Lipinski definition) is 5. The Morgan fingerprint density at radius 1 is 1.53 bits per heavy atom. The zero-order valence-corrected chi connectivity index (χ0v) is 10.4. The average molecular weight is 262 g/mol. The summed E-state index contributed by atoms with van der Waals surface area (Å²) in [5.41, 5.74) is 6.13. The number of aryl methyl sites for hydroxylation is 1. The quantitative estimate of drug-likeness (QED) is 0.783. The number of carboxylic acid groups (broad SMARTS) is 1. The smallest absolute Gasteiger partial charge is 0.339 e. The number of aromatic nitrogens is 3. The van der Waals surface area contributed by atoms with E-state index in [1.807, 2.05) is 6.92 Å². The van der Waals surface area contributed by atoms with Crippen LogP contribution < -0.4 is 10.5 Å². The fourth-order valence-corrected chi connectivity index (χ4v) is 1.64. The standard InChI is InChI=1S/C12H14N4O3/c1-2-16-11(14-7-15-16)6-19-10-5-8(13)3-4-9(10)12(17)18/h3-5,7H,2,6,13H2,1H3,(H,17,18). The molecule has 100 valence electrons. The lowest BCUT2D eigenvalue weighted by molar-refractivity contribution is 0.0691. The Bertz CT molecular complexity index is 594. The van der Waals surface area contributed by atoms with Gasteiger partial charge in [-0.25, -0.2) is 14.5 Å². The Morgan fingerprint density at radius 3 is 3.00 bits per heavy atom. The maximum Gasteiger partial charge on any atom is 0.339 e. The number of nitrogens with two attached hydrogens (primary N) is 1. The highest BCUT2D eigenvalue weighted by molar-refractivity contribution is 5.91. The predicted molar refractivity (Wildman–Crippen MR) is 67.8 cm³/mol. The molecule has 0 saturated heterocycles. The average Bonchev–Trinajstić information content (AvgIpc) is 2.83. The number of ether oxygens (including phenoxy) is 1. The normalized spacial score (nSPS) is 10.4. The summed E-state index contributed by atoms with van der Waals surface area (Å²) in [7, 11) is 0. The fraction of sp³-hybridized carbons (Fsp3) is 0.250. The van der Waals surface area contributed by atoms with Gasteiger partial charge in [0.05, 0.1) is 0 Å². The number of aromatic carboxylic acids is 1. The van der Waals surface area contributed by atoms with Crippen molar-refractivity contribution >= 4 is 11.7 Å². The van der Waals surface area contributed by atoms with E-state index in [1.54, 1.807) is 4.68 Å². The molecule has 0 aliphatic rings. The molecule has 0 amide bonds. The van der Waals surface area contributed by atoms with Crippen molar-refractivity contribution in [2.45, 2.75) is 20.1 Å². The van der Waals surface area contributed by atoms with Crippen molar-refractivity contribution in [3.05, 3.63) is 35.9 Å². The molecule has 0 radical (unpaired) electrons. The lowest BCUT2D eigenvalue weighted by Gasteiger charge is -2.10. The van der Waals surface area contributed by atoms with Gasteiger partial charge in [-0.05, 0) is 19.1 Å². The summed E-state index contributed by atoms with van der Waals surface area (Å²) in [6.45, 7) is 2.74. The summed E-state index contributed by atoms with van der Waals surface area (Å²) in [6, 6.07) is 4.42. The van der Waals surface area contributed by atoms with E-state index in [-0.39, 0.29) is 17.9 Å². The van der Waals surface area contributed by atoms with Crippen LogP contribution in [0.3, 0.4) is 0 Å². The van der Waals surface area contributed by atoms with E-state index >= 15 is 0 Å². The number of benzene rings is 1. The van der Waals surface area contributed by atoms with E-state index in [0.717, 1.165) is 0 Å². The van der Waals surface area contributed by atoms with Crippen molar-refractivity contribution in [3.63, 3.8) is 0 Å². The molecule has 3 N–H and O–H groups in total. The van der Waals surface area contributed by atoms with Crippen LogP contribution in [0.25, 0.3) is 0 Å². The SMILES string of the molecule is CCn1ncnc1COc1cc(N)ccc1C(=O)O. The highest BCUT2D eigenvalue weighted by Gasteiger charge is 2.13. The largest absolute Gasteiger partial charge is 0.485 e. The molecule has 1 aromatic heterocycles. The molecule has 0 unspecified atom stereocenters. The topological polar surface area (TPSA) is 103 Å². The van der Waals surface area contributed by atoms with Crippen LogP contribution in [-0.4, -0.2) is 25.8 Å². The Labute approximate surface area is 109 Å². The van der Waals surface area contributed by atoms with Gasteiger partial charge < -0.3 is 15.6 Å². The molecular formula is C12H14N4O3. The van der Waals surface area contributed by atoms with Gasteiger partial charge in [0, 0.05) is 18.3 Å². The Hall–Kier alpha value is -2.57. The Kier molecular flexibility index (Phi) is 3.65. The van der Waals surface area contributed by atoms with Crippen LogP contribution in [0, 0.1) is 0 Å². The van der Waals surface area contributed by atoms with E-state index in [0.29, 0.717) is 18.1 Å². The molecule has 7 heteroatoms. The Balaban J connectivity index is 2.19. The lowest BCUT2D eigenvalue weighted by Crippen LogP contribution is -2.09. The van der Waals surface area contributed by atoms with Gasteiger partial charge in [-0.3, -0.25) is 0 Å². The molecule has 0 fully saturated rings. The zero-order chi connectivity index (χ0) is 13.8. The number of carbonyl (C=O) groups is 1. The van der Waals surface area contributed by atoms with Crippen molar-refractivity contribution in [1.29, 1.82) is 0 Å². The van der Waals surface area contributed by atoms with Crippen LogP contribution in [0.5, 0.6) is 5.75 Å². The number of hydrogen-bond donors (Lipinski definition) is 2. The van der Waals surface area contributed by atoms with Gasteiger partial charge in [0.1, 0.15) is 24.2 Å². The monoisotopic (exact) mass is 262 g/mol. The van der Waals surface area contributed by atoms with Gasteiger partial charge in [0.25, 0.3) is 0 Å². The predicted octanol–water partition coefficient (Wildman–Crippen LogP) is 1.16. The highest BCUT2D eigenvalue weighted by Crippen LogP contribution is 2.22. The Morgan fingerprint density at radius 2 is 2.32 bits per heavy atom. The minimum absolute atomic E-state index is 0.0664. The van der Waals surface area contributed by atoms with Gasteiger partial charge in [-0.15, -0.1) is 0 Å². The molecule has 0 bridgehead atoms. The maximum atomic E-state index is 11.1. The molecule has 0 aliphatic carbocycles. The van der Waals surface area contributed by atoms with Crippen LogP contribution in [-0.2, 0) is 13.2 Å². The third-order valence-electron chi connectivity index (χ3n) is 2.59. The van der Waals surface area contributed by atoms with E-state index in [9.17, 15) is 4.79 Å². The zero-order valence-electron chi connectivity index (χ0n) is 10.4. The van der Waals surface area contributed by atoms with Crippen LogP contribution in [0.4, 0.5) is 5.69 Å². The first-order valence-electron chi connectivity index (χ1n) is 5.74. The third-order valence-corrected chi connectivity index (χ3v) is 2.59. The molecule has 0 saturated carbocycles. The summed E-state index contributed by atoms with van der Waals surface area (Å²) in [6.07, 6.45) is 1.43. The van der Waals surface area contributed by atoms with Crippen molar-refractivity contribution < 1.29 is 14.6 Å². The molecule has 0 atom stereocenters. The summed E-state index contributed by atoms with van der Waals surface area (Å²) >= 11 is 0. The number of nitrogens with zero attached hydrogens (tertiary/aromatic N) is 3. The van der Waals surface area contributed by atoms with Crippen molar-refractivity contribution in [1.82, 2.24) is 14.8 Å². The molecule has 0 aliphatic heterocycles. The van der Waals surface area contributed by atoms with Gasteiger partial charge in [-0.1, -0.05) is 0 Å². The first kappa shape index (κ1) is 12.9. The molecular weight excluding hydrogens is 248 g/mol.